The monoisotopic (exact) mass is 589 g/mol. The van der Waals surface area contributed by atoms with Gasteiger partial charge in [0.15, 0.2) is 0 Å². The van der Waals surface area contributed by atoms with Crippen molar-refractivity contribution in [3.8, 4) is 0 Å². The Morgan fingerprint density at radius 1 is 0.690 bits per heavy atom. The van der Waals surface area contributed by atoms with Crippen LogP contribution in [-0.2, 0) is 28.7 Å². The molecule has 7 nitrogen and oxygen atoms in total. The molecule has 1 amide bonds. The zero-order valence-corrected chi connectivity index (χ0v) is 25.8. The van der Waals surface area contributed by atoms with Crippen LogP contribution in [0.5, 0.6) is 0 Å². The van der Waals surface area contributed by atoms with Crippen LogP contribution < -0.4 is 21.2 Å². The number of esters is 2. The highest BCUT2D eigenvalue weighted by Crippen LogP contribution is 2.49. The highest BCUT2D eigenvalue weighted by atomic mass is 31.2. The van der Waals surface area contributed by atoms with Gasteiger partial charge in [-0.15, -0.1) is 0 Å². The van der Waals surface area contributed by atoms with Crippen LogP contribution in [0.15, 0.2) is 91.0 Å². The molecule has 0 saturated carbocycles. The lowest BCUT2D eigenvalue weighted by Gasteiger charge is -2.36. The lowest BCUT2D eigenvalue weighted by molar-refractivity contribution is -0.153. The third-order valence-corrected chi connectivity index (χ3v) is 11.3. The van der Waals surface area contributed by atoms with Crippen molar-refractivity contribution in [3.05, 3.63) is 91.0 Å². The van der Waals surface area contributed by atoms with Crippen LogP contribution in [0.25, 0.3) is 0 Å². The van der Waals surface area contributed by atoms with Gasteiger partial charge in [0.2, 0.25) is 5.91 Å². The van der Waals surface area contributed by atoms with Crippen molar-refractivity contribution >= 4 is 51.7 Å². The van der Waals surface area contributed by atoms with Gasteiger partial charge >= 0.3 is 11.9 Å². The summed E-state index contributed by atoms with van der Waals surface area (Å²) in [5.74, 6) is -5.72. The van der Waals surface area contributed by atoms with Crippen molar-refractivity contribution in [2.45, 2.75) is 34.6 Å². The van der Waals surface area contributed by atoms with E-state index in [4.69, 9.17) is 9.47 Å². The van der Waals surface area contributed by atoms with Crippen molar-refractivity contribution in [3.63, 3.8) is 0 Å². The molecule has 0 heterocycles. The lowest BCUT2D eigenvalue weighted by atomic mass is 9.85. The second kappa shape index (κ2) is 15.3. The van der Waals surface area contributed by atoms with Crippen LogP contribution >= 0.6 is 6.89 Å². The molecule has 222 valence electrons. The number of rotatable bonds is 13. The van der Waals surface area contributed by atoms with Crippen LogP contribution in [0, 0.1) is 17.8 Å². The molecule has 2 atom stereocenters. The molecule has 0 aromatic heterocycles. The Morgan fingerprint density at radius 3 is 1.48 bits per heavy atom. The van der Waals surface area contributed by atoms with Gasteiger partial charge in [0.05, 0.1) is 18.5 Å². The van der Waals surface area contributed by atoms with E-state index >= 15 is 0 Å². The number of carbonyl (C=O) groups is 4. The fourth-order valence-electron chi connectivity index (χ4n) is 5.12. The predicted octanol–water partition coefficient (Wildman–Crippen LogP) is 3.87. The molecule has 3 rings (SSSR count). The van der Waals surface area contributed by atoms with Crippen LogP contribution in [-0.4, -0.2) is 48.7 Å². The van der Waals surface area contributed by atoms with E-state index in [1.54, 1.807) is 13.8 Å². The molecule has 0 fully saturated rings. The summed E-state index contributed by atoms with van der Waals surface area (Å²) in [6.07, 6.45) is 0. The number of ketones is 1. The highest BCUT2D eigenvalue weighted by molar-refractivity contribution is 7.96. The molecule has 0 aliphatic carbocycles. The topological polar surface area (TPSA) is 98.8 Å². The zero-order valence-electron chi connectivity index (χ0n) is 24.9. The first-order chi connectivity index (χ1) is 20.2. The minimum Gasteiger partial charge on any atom is -0.465 e. The van der Waals surface area contributed by atoms with Gasteiger partial charge in [0.1, 0.15) is 17.6 Å². The van der Waals surface area contributed by atoms with E-state index in [-0.39, 0.29) is 24.4 Å². The third-order valence-electron chi connectivity index (χ3n) is 6.85. The largest absolute Gasteiger partial charge is 0.465 e. The number of ether oxygens (including phenoxy) is 2. The minimum absolute atomic E-state index is 0.00285. The molecule has 0 bridgehead atoms. The minimum atomic E-state index is -3.25. The van der Waals surface area contributed by atoms with Gasteiger partial charge in [-0.1, -0.05) is 105 Å². The van der Waals surface area contributed by atoms with Crippen LogP contribution in [0.1, 0.15) is 34.6 Å². The summed E-state index contributed by atoms with van der Waals surface area (Å²) in [7, 11) is 0. The number of amides is 1. The maximum atomic E-state index is 14.4. The van der Waals surface area contributed by atoms with Gasteiger partial charge in [-0.2, -0.15) is 0 Å². The van der Waals surface area contributed by atoms with Gasteiger partial charge in [-0.3, -0.25) is 14.4 Å². The van der Waals surface area contributed by atoms with Gasteiger partial charge in [0.25, 0.3) is 0 Å². The first kappa shape index (κ1) is 32.6. The first-order valence-electron chi connectivity index (χ1n) is 14.2. The molecule has 3 aromatic rings. The van der Waals surface area contributed by atoms with Crippen molar-refractivity contribution in [1.82, 2.24) is 5.32 Å². The standard InChI is InChI=1S/C34H40NO6P/c1-6-40-33(38)30(29(25(5)36)32(37)35-23-24(3)4)31(34(39)41-7-2)42(26-17-11-8-12-18-26,27-19-13-9-14-20-27)28-21-15-10-16-22-28/h8-22,24,29-30H,6-7,23H2,1-5H3,(H,35,37)/t29-,30+/m1/s1. The zero-order chi connectivity index (χ0) is 30.7. The van der Waals surface area contributed by atoms with E-state index in [0.717, 1.165) is 15.9 Å². The van der Waals surface area contributed by atoms with E-state index < -0.39 is 42.4 Å². The molecular formula is C34H40NO6P. The molecule has 0 aliphatic rings. The van der Waals surface area contributed by atoms with Gasteiger partial charge < -0.3 is 14.8 Å². The van der Waals surface area contributed by atoms with Crippen LogP contribution in [0.2, 0.25) is 0 Å². The Morgan fingerprint density at radius 2 is 1.12 bits per heavy atom. The summed E-state index contributed by atoms with van der Waals surface area (Å²) in [4.78, 5) is 55.6. The summed E-state index contributed by atoms with van der Waals surface area (Å²) in [5.41, 5.74) is 0. The maximum Gasteiger partial charge on any atom is 0.335 e. The Labute approximate surface area is 248 Å². The summed E-state index contributed by atoms with van der Waals surface area (Å²) >= 11 is 0. The van der Waals surface area contributed by atoms with Gasteiger partial charge in [0, 0.05) is 6.54 Å². The normalized spacial score (nSPS) is 12.6. The number of hydrogen-bond donors (Lipinski definition) is 1. The number of hydrogen-bond acceptors (Lipinski definition) is 6. The molecule has 0 aliphatic heterocycles. The Bertz CT molecular complexity index is 1320. The van der Waals surface area contributed by atoms with E-state index in [9.17, 15) is 19.2 Å². The quantitative estimate of drug-likeness (QED) is 0.185. The average molecular weight is 590 g/mol. The third kappa shape index (κ3) is 7.08. The van der Waals surface area contributed by atoms with Crippen molar-refractivity contribution in [2.24, 2.45) is 17.8 Å². The first-order valence-corrected chi connectivity index (χ1v) is 16.0. The summed E-state index contributed by atoms with van der Waals surface area (Å²) in [6, 6.07) is 28.3. The molecule has 42 heavy (non-hydrogen) atoms. The average Bonchev–Trinajstić information content (AvgIpc) is 2.99. The molecule has 8 heteroatoms. The Kier molecular flexibility index (Phi) is 11.9. The van der Waals surface area contributed by atoms with Crippen molar-refractivity contribution in [1.29, 1.82) is 0 Å². The van der Waals surface area contributed by atoms with Gasteiger partial charge in [-0.05, 0) is 49.5 Å². The number of carbonyl (C=O) groups excluding carboxylic acids is 4. The fraction of sp³-hybridized carbons (Fsp3) is 0.324. The summed E-state index contributed by atoms with van der Waals surface area (Å²) in [6.45, 7) is 5.53. The fourth-order valence-corrected chi connectivity index (χ4v) is 9.72. The van der Waals surface area contributed by atoms with E-state index in [0.29, 0.717) is 6.54 Å². The molecule has 0 unspecified atom stereocenters. The SMILES string of the molecule is CCOC(=O)C([C@@H](C(=O)OCC)[C@@H](C(C)=O)C(=O)NCC(C)C)=P(c1ccccc1)(c1ccccc1)c1ccccc1. The van der Waals surface area contributed by atoms with Crippen LogP contribution in [0.3, 0.4) is 0 Å². The Hall–Kier alpha value is -3.96. The molecule has 0 radical (unpaired) electrons. The lowest BCUT2D eigenvalue weighted by Crippen LogP contribution is -2.50. The maximum absolute atomic E-state index is 14.4. The molecule has 0 saturated heterocycles. The van der Waals surface area contributed by atoms with Crippen molar-refractivity contribution in [2.75, 3.05) is 19.8 Å². The second-order valence-corrected chi connectivity index (χ2v) is 13.6. The number of nitrogens with one attached hydrogen (secondary N) is 1. The molecular weight excluding hydrogens is 549 g/mol. The summed E-state index contributed by atoms with van der Waals surface area (Å²) in [5, 5.41) is 5.17. The van der Waals surface area contributed by atoms with E-state index in [2.05, 4.69) is 5.32 Å². The second-order valence-electron chi connectivity index (χ2n) is 10.2. The van der Waals surface area contributed by atoms with Crippen LogP contribution in [0.4, 0.5) is 0 Å². The highest BCUT2D eigenvalue weighted by Gasteiger charge is 2.48. The number of benzene rings is 3. The smallest absolute Gasteiger partial charge is 0.335 e. The molecule has 1 N–H and O–H groups in total. The predicted molar refractivity (Wildman–Crippen MR) is 169 cm³/mol. The molecule has 3 aromatic carbocycles. The van der Waals surface area contributed by atoms with E-state index in [1.807, 2.05) is 105 Å². The van der Waals surface area contributed by atoms with Crippen molar-refractivity contribution < 1.29 is 28.7 Å². The number of Topliss-reactive ketones (excluding diaryl/α,β-unsaturated/α-hetero) is 1. The Balaban J connectivity index is 2.67. The summed E-state index contributed by atoms with van der Waals surface area (Å²) < 4.78 is 11.2. The molecule has 0 spiro atoms. The van der Waals surface area contributed by atoms with Gasteiger partial charge in [-0.25, -0.2) is 4.79 Å². The van der Waals surface area contributed by atoms with E-state index in [1.165, 1.54) is 6.92 Å².